The highest BCUT2D eigenvalue weighted by Crippen LogP contribution is 2.38. The highest BCUT2D eigenvalue weighted by Gasteiger charge is 2.33. The van der Waals surface area contributed by atoms with E-state index in [1.165, 1.54) is 36.1 Å². The highest BCUT2D eigenvalue weighted by atomic mass is 19.4. The minimum atomic E-state index is -4.63. The van der Waals surface area contributed by atoms with Crippen LogP contribution in [-0.4, -0.2) is 27.7 Å². The van der Waals surface area contributed by atoms with Crippen molar-refractivity contribution in [3.63, 3.8) is 0 Å². The number of pyridine rings is 1. The Labute approximate surface area is 179 Å². The number of H-pyrrole nitrogens is 1. The van der Waals surface area contributed by atoms with E-state index in [-0.39, 0.29) is 34.3 Å². The number of methoxy groups -OCH3 is 1. The van der Waals surface area contributed by atoms with Gasteiger partial charge in [0.2, 0.25) is 0 Å². The van der Waals surface area contributed by atoms with Crippen LogP contribution < -0.4 is 10.3 Å². The lowest BCUT2D eigenvalue weighted by molar-refractivity contribution is -0.137. The predicted octanol–water partition coefficient (Wildman–Crippen LogP) is 4.77. The predicted molar refractivity (Wildman–Crippen MR) is 112 cm³/mol. The molecule has 2 heterocycles. The zero-order valence-electron chi connectivity index (χ0n) is 16.7. The number of fused-ring (bicyclic) bond motifs is 1. The summed E-state index contributed by atoms with van der Waals surface area (Å²) in [5, 5.41) is 10.0. The molecule has 0 radical (unpaired) electrons. The molecule has 0 unspecified atom stereocenters. The molecule has 0 amide bonds. The largest absolute Gasteiger partial charge is 0.497 e. The van der Waals surface area contributed by atoms with Crippen molar-refractivity contribution in [2.75, 3.05) is 7.11 Å². The molecule has 0 spiro atoms. The average Bonchev–Trinajstić information content (AvgIpc) is 3.07. The van der Waals surface area contributed by atoms with Crippen LogP contribution in [0.4, 0.5) is 13.2 Å². The first-order valence-electron chi connectivity index (χ1n) is 9.48. The number of carboxylic acids is 1. The van der Waals surface area contributed by atoms with Crippen LogP contribution in [0, 0.1) is 0 Å². The Morgan fingerprint density at radius 2 is 1.84 bits per heavy atom. The number of halogens is 3. The molecule has 0 aliphatic rings. The lowest BCUT2D eigenvalue weighted by Crippen LogP contribution is -2.13. The standard InChI is InChI=1S/C23H17F3N2O4/c1-32-15-7-4-13(5-8-15)12-28-18-9-6-14(23(24,25)26)11-17(18)19(20(28)22(30)31)16-3-2-10-27-21(16)29/h2-11H,12H2,1H3,(H,27,29)(H,30,31). The molecular weight excluding hydrogens is 425 g/mol. The highest BCUT2D eigenvalue weighted by molar-refractivity contribution is 6.08. The van der Waals surface area contributed by atoms with Crippen LogP contribution >= 0.6 is 0 Å². The van der Waals surface area contributed by atoms with Gasteiger partial charge in [0, 0.05) is 34.8 Å². The van der Waals surface area contributed by atoms with Crippen LogP contribution in [0.2, 0.25) is 0 Å². The molecule has 9 heteroatoms. The molecule has 164 valence electrons. The molecule has 2 aromatic heterocycles. The van der Waals surface area contributed by atoms with Gasteiger partial charge in [-0.2, -0.15) is 13.2 Å². The number of hydrogen-bond acceptors (Lipinski definition) is 3. The van der Waals surface area contributed by atoms with Crippen molar-refractivity contribution in [3.05, 3.63) is 88.0 Å². The maximum atomic E-state index is 13.4. The monoisotopic (exact) mass is 442 g/mol. The summed E-state index contributed by atoms with van der Waals surface area (Å²) in [5.41, 5.74) is -0.917. The summed E-state index contributed by atoms with van der Waals surface area (Å²) in [6.45, 7) is 0.0677. The average molecular weight is 442 g/mol. The van der Waals surface area contributed by atoms with E-state index in [2.05, 4.69) is 4.98 Å². The number of hydrogen-bond donors (Lipinski definition) is 2. The molecular formula is C23H17F3N2O4. The number of benzene rings is 2. The topological polar surface area (TPSA) is 84.3 Å². The normalized spacial score (nSPS) is 11.6. The summed E-state index contributed by atoms with van der Waals surface area (Å²) >= 11 is 0. The van der Waals surface area contributed by atoms with Gasteiger partial charge in [-0.15, -0.1) is 0 Å². The molecule has 6 nitrogen and oxygen atoms in total. The number of carboxylic acid groups (broad SMARTS) is 1. The first-order chi connectivity index (χ1) is 15.2. The Kier molecular flexibility index (Phi) is 5.25. The molecule has 0 aliphatic heterocycles. The van der Waals surface area contributed by atoms with Gasteiger partial charge in [-0.1, -0.05) is 12.1 Å². The molecule has 0 saturated carbocycles. The van der Waals surface area contributed by atoms with Gasteiger partial charge in [0.25, 0.3) is 5.56 Å². The number of rotatable bonds is 5. The number of nitrogens with zero attached hydrogens (tertiary/aromatic N) is 1. The van der Waals surface area contributed by atoms with E-state index >= 15 is 0 Å². The fraction of sp³-hybridized carbons (Fsp3) is 0.130. The van der Waals surface area contributed by atoms with Gasteiger partial charge in [-0.3, -0.25) is 4.79 Å². The summed E-state index contributed by atoms with van der Waals surface area (Å²) in [4.78, 5) is 27.2. The van der Waals surface area contributed by atoms with Crippen molar-refractivity contribution in [1.82, 2.24) is 9.55 Å². The fourth-order valence-electron chi connectivity index (χ4n) is 3.72. The fourth-order valence-corrected chi connectivity index (χ4v) is 3.72. The number of carbonyl (C=O) groups is 1. The number of ether oxygens (including phenoxy) is 1. The molecule has 0 bridgehead atoms. The first-order valence-corrected chi connectivity index (χ1v) is 9.48. The summed E-state index contributed by atoms with van der Waals surface area (Å²) in [5.74, 6) is -0.752. The van der Waals surface area contributed by atoms with Crippen molar-refractivity contribution < 1.29 is 27.8 Å². The number of alkyl halides is 3. The summed E-state index contributed by atoms with van der Waals surface area (Å²) in [7, 11) is 1.51. The molecule has 4 rings (SSSR count). The van der Waals surface area contributed by atoms with Crippen LogP contribution in [0.15, 0.2) is 65.6 Å². The van der Waals surface area contributed by atoms with E-state index in [9.17, 15) is 27.9 Å². The first kappa shape index (κ1) is 21.2. The van der Waals surface area contributed by atoms with E-state index < -0.39 is 23.3 Å². The second-order valence-corrected chi connectivity index (χ2v) is 7.11. The lowest BCUT2D eigenvalue weighted by atomic mass is 10.0. The van der Waals surface area contributed by atoms with Gasteiger partial charge >= 0.3 is 12.1 Å². The van der Waals surface area contributed by atoms with Crippen molar-refractivity contribution in [2.45, 2.75) is 12.7 Å². The number of aromatic carboxylic acids is 1. The van der Waals surface area contributed by atoms with Crippen molar-refractivity contribution in [2.24, 2.45) is 0 Å². The van der Waals surface area contributed by atoms with E-state index in [0.717, 1.165) is 12.1 Å². The van der Waals surface area contributed by atoms with Gasteiger partial charge < -0.3 is 19.4 Å². The minimum absolute atomic E-state index is 0.0253. The molecule has 0 atom stereocenters. The summed E-state index contributed by atoms with van der Waals surface area (Å²) in [6.07, 6.45) is -3.26. The Bertz CT molecular complexity index is 1370. The third-order valence-corrected chi connectivity index (χ3v) is 5.18. The van der Waals surface area contributed by atoms with Crippen LogP contribution in [0.1, 0.15) is 21.6 Å². The van der Waals surface area contributed by atoms with Gasteiger partial charge in [-0.05, 0) is 48.0 Å². The molecule has 2 aromatic carbocycles. The number of aromatic nitrogens is 2. The molecule has 0 saturated heterocycles. The van der Waals surface area contributed by atoms with Gasteiger partial charge in [0.15, 0.2) is 0 Å². The minimum Gasteiger partial charge on any atom is -0.497 e. The zero-order valence-corrected chi connectivity index (χ0v) is 16.7. The Morgan fingerprint density at radius 3 is 2.44 bits per heavy atom. The SMILES string of the molecule is COc1ccc(Cn2c(C(=O)O)c(-c3ccc[nH]c3=O)c3cc(C(F)(F)F)ccc32)cc1. The van der Waals surface area contributed by atoms with E-state index in [1.54, 1.807) is 24.3 Å². The van der Waals surface area contributed by atoms with E-state index in [0.29, 0.717) is 11.3 Å². The van der Waals surface area contributed by atoms with Crippen LogP contribution in [0.3, 0.4) is 0 Å². The maximum absolute atomic E-state index is 13.4. The molecule has 32 heavy (non-hydrogen) atoms. The molecule has 2 N–H and O–H groups in total. The summed E-state index contributed by atoms with van der Waals surface area (Å²) in [6, 6.07) is 12.8. The lowest BCUT2D eigenvalue weighted by Gasteiger charge is -2.11. The van der Waals surface area contributed by atoms with Gasteiger partial charge in [0.1, 0.15) is 11.4 Å². The molecule has 0 fully saturated rings. The molecule has 4 aromatic rings. The van der Waals surface area contributed by atoms with Crippen LogP contribution in [0.25, 0.3) is 22.0 Å². The van der Waals surface area contributed by atoms with Crippen molar-refractivity contribution >= 4 is 16.9 Å². The smallest absolute Gasteiger partial charge is 0.416 e. The third-order valence-electron chi connectivity index (χ3n) is 5.18. The Balaban J connectivity index is 2.04. The summed E-state index contributed by atoms with van der Waals surface area (Å²) < 4.78 is 46.8. The third kappa shape index (κ3) is 3.73. The zero-order chi connectivity index (χ0) is 23.0. The van der Waals surface area contributed by atoms with Crippen LogP contribution in [-0.2, 0) is 12.7 Å². The van der Waals surface area contributed by atoms with E-state index in [1.807, 2.05) is 0 Å². The maximum Gasteiger partial charge on any atom is 0.416 e. The number of nitrogens with one attached hydrogen (secondary N) is 1. The van der Waals surface area contributed by atoms with E-state index in [4.69, 9.17) is 4.74 Å². The van der Waals surface area contributed by atoms with Crippen LogP contribution in [0.5, 0.6) is 5.75 Å². The van der Waals surface area contributed by atoms with Gasteiger partial charge in [-0.25, -0.2) is 4.79 Å². The Morgan fingerprint density at radius 1 is 1.12 bits per heavy atom. The molecule has 0 aliphatic carbocycles. The van der Waals surface area contributed by atoms with Crippen molar-refractivity contribution in [1.29, 1.82) is 0 Å². The Hall–Kier alpha value is -4.01. The second-order valence-electron chi connectivity index (χ2n) is 7.11. The van der Waals surface area contributed by atoms with Crippen molar-refractivity contribution in [3.8, 4) is 16.9 Å². The van der Waals surface area contributed by atoms with Gasteiger partial charge in [0.05, 0.1) is 12.7 Å². The second kappa shape index (κ2) is 7.92. The quantitative estimate of drug-likeness (QED) is 0.466. The number of aromatic amines is 1.